The van der Waals surface area contributed by atoms with Gasteiger partial charge in [0.15, 0.2) is 0 Å². The maximum atomic E-state index is 5.39. The molecule has 2 heterocycles. The Morgan fingerprint density at radius 3 is 1.52 bits per heavy atom. The van der Waals surface area contributed by atoms with Crippen molar-refractivity contribution in [3.05, 3.63) is 188 Å². The van der Waals surface area contributed by atoms with Crippen LogP contribution in [0.5, 0.6) is 0 Å². The van der Waals surface area contributed by atoms with Gasteiger partial charge in [0.1, 0.15) is 5.82 Å². The van der Waals surface area contributed by atoms with Crippen LogP contribution < -0.4 is 0 Å². The third-order valence-electron chi connectivity index (χ3n) is 9.89. The van der Waals surface area contributed by atoms with Crippen LogP contribution in [0.4, 0.5) is 0 Å². The molecule has 50 heavy (non-hydrogen) atoms. The van der Waals surface area contributed by atoms with Crippen molar-refractivity contribution in [2.75, 3.05) is 0 Å². The Labute approximate surface area is 290 Å². The number of aromatic nitrogens is 3. The van der Waals surface area contributed by atoms with Gasteiger partial charge >= 0.3 is 0 Å². The van der Waals surface area contributed by atoms with E-state index in [-0.39, 0.29) is 0 Å². The molecule has 10 rings (SSSR count). The molecule has 2 aromatic heterocycles. The van der Waals surface area contributed by atoms with Crippen molar-refractivity contribution in [3.8, 4) is 45.0 Å². The summed E-state index contributed by atoms with van der Waals surface area (Å²) in [6, 6.07) is 67.3. The number of nitrogens with zero attached hydrogens (tertiary/aromatic N) is 3. The molecule has 0 bridgehead atoms. The standard InChI is InChI=1S/C47H31N3/c1-5-15-32(16-6-1)35-29-36(33-17-7-2-8-18-33)31-38(30-35)49-42-24-14-13-23-41(42)45-39-25-28-44-46(40(39)26-27-43(45)49)48-47(34-19-9-3-10-20-34)50(44)37-21-11-4-12-22-37/h1-31H. The predicted molar refractivity (Wildman–Crippen MR) is 209 cm³/mol. The van der Waals surface area contributed by atoms with Crippen LogP contribution in [0.1, 0.15) is 0 Å². The summed E-state index contributed by atoms with van der Waals surface area (Å²) in [5.74, 6) is 0.938. The lowest BCUT2D eigenvalue weighted by atomic mass is 9.98. The Morgan fingerprint density at radius 2 is 0.860 bits per heavy atom. The number of para-hydroxylation sites is 2. The van der Waals surface area contributed by atoms with Crippen molar-refractivity contribution in [2.24, 2.45) is 0 Å². The summed E-state index contributed by atoms with van der Waals surface area (Å²) in [5.41, 5.74) is 12.5. The van der Waals surface area contributed by atoms with Crippen LogP contribution in [0.15, 0.2) is 188 Å². The molecule has 0 unspecified atom stereocenters. The average molecular weight is 638 g/mol. The highest BCUT2D eigenvalue weighted by Crippen LogP contribution is 2.41. The number of benzene rings is 8. The van der Waals surface area contributed by atoms with Gasteiger partial charge in [-0.1, -0.05) is 133 Å². The molecule has 0 aliphatic rings. The van der Waals surface area contributed by atoms with E-state index in [0.29, 0.717) is 0 Å². The normalized spacial score (nSPS) is 11.6. The second-order valence-corrected chi connectivity index (χ2v) is 12.8. The van der Waals surface area contributed by atoms with Crippen molar-refractivity contribution in [1.29, 1.82) is 0 Å². The topological polar surface area (TPSA) is 22.8 Å². The Hall–Kier alpha value is -6.71. The van der Waals surface area contributed by atoms with Gasteiger partial charge in [-0.15, -0.1) is 0 Å². The molecule has 3 nitrogen and oxygen atoms in total. The minimum Gasteiger partial charge on any atom is -0.309 e. The minimum atomic E-state index is 0.938. The van der Waals surface area contributed by atoms with Crippen LogP contribution in [-0.4, -0.2) is 14.1 Å². The predicted octanol–water partition coefficient (Wildman–Crippen LogP) is 12.3. The molecule has 0 aliphatic heterocycles. The van der Waals surface area contributed by atoms with Gasteiger partial charge in [0.2, 0.25) is 0 Å². The highest BCUT2D eigenvalue weighted by atomic mass is 15.1. The molecule has 0 radical (unpaired) electrons. The van der Waals surface area contributed by atoms with Crippen LogP contribution in [-0.2, 0) is 0 Å². The number of hydrogen-bond donors (Lipinski definition) is 0. The van der Waals surface area contributed by atoms with E-state index in [9.17, 15) is 0 Å². The number of imidazole rings is 1. The van der Waals surface area contributed by atoms with Crippen molar-refractivity contribution >= 4 is 43.6 Å². The average Bonchev–Trinajstić information content (AvgIpc) is 3.76. The molecule has 8 aromatic carbocycles. The maximum Gasteiger partial charge on any atom is 0.145 e. The molecule has 0 spiro atoms. The largest absolute Gasteiger partial charge is 0.309 e. The zero-order chi connectivity index (χ0) is 33.0. The van der Waals surface area contributed by atoms with Gasteiger partial charge < -0.3 is 4.57 Å². The lowest BCUT2D eigenvalue weighted by Crippen LogP contribution is -1.97. The van der Waals surface area contributed by atoms with E-state index in [1.54, 1.807) is 0 Å². The first-order valence-corrected chi connectivity index (χ1v) is 17.1. The number of rotatable bonds is 5. The van der Waals surface area contributed by atoms with Crippen molar-refractivity contribution < 1.29 is 0 Å². The fourth-order valence-electron chi connectivity index (χ4n) is 7.65. The summed E-state index contributed by atoms with van der Waals surface area (Å²) in [7, 11) is 0. The third-order valence-corrected chi connectivity index (χ3v) is 9.89. The summed E-state index contributed by atoms with van der Waals surface area (Å²) in [6.07, 6.45) is 0. The Morgan fingerprint density at radius 1 is 0.320 bits per heavy atom. The number of hydrogen-bond acceptors (Lipinski definition) is 1. The molecule has 0 fully saturated rings. The molecule has 0 saturated carbocycles. The molecule has 0 aliphatic carbocycles. The van der Waals surface area contributed by atoms with Gasteiger partial charge in [0.25, 0.3) is 0 Å². The maximum absolute atomic E-state index is 5.39. The van der Waals surface area contributed by atoms with Crippen LogP contribution >= 0.6 is 0 Å². The number of fused-ring (bicyclic) bond motifs is 7. The van der Waals surface area contributed by atoms with E-state index >= 15 is 0 Å². The quantitative estimate of drug-likeness (QED) is 0.184. The zero-order valence-corrected chi connectivity index (χ0v) is 27.2. The Kier molecular flexibility index (Phi) is 6.49. The summed E-state index contributed by atoms with van der Waals surface area (Å²) in [5, 5.41) is 4.81. The van der Waals surface area contributed by atoms with E-state index < -0.39 is 0 Å². The van der Waals surface area contributed by atoms with Gasteiger partial charge in [-0.05, 0) is 82.2 Å². The van der Waals surface area contributed by atoms with Gasteiger partial charge in [-0.25, -0.2) is 4.98 Å². The molecule has 0 N–H and O–H groups in total. The third kappa shape index (κ3) is 4.48. The van der Waals surface area contributed by atoms with Gasteiger partial charge in [-0.2, -0.15) is 0 Å². The van der Waals surface area contributed by atoms with Gasteiger partial charge in [0, 0.05) is 33.1 Å². The van der Waals surface area contributed by atoms with E-state index in [0.717, 1.165) is 39.2 Å². The Balaban J connectivity index is 1.27. The van der Waals surface area contributed by atoms with E-state index in [1.807, 2.05) is 0 Å². The molecule has 0 atom stereocenters. The molecular formula is C47H31N3. The summed E-state index contributed by atoms with van der Waals surface area (Å²) < 4.78 is 4.73. The van der Waals surface area contributed by atoms with Crippen LogP contribution in [0, 0.1) is 0 Å². The van der Waals surface area contributed by atoms with Crippen molar-refractivity contribution in [3.63, 3.8) is 0 Å². The first-order chi connectivity index (χ1) is 24.8. The van der Waals surface area contributed by atoms with Crippen molar-refractivity contribution in [1.82, 2.24) is 14.1 Å². The molecular weight excluding hydrogens is 607 g/mol. The molecule has 3 heteroatoms. The summed E-state index contributed by atoms with van der Waals surface area (Å²) >= 11 is 0. The van der Waals surface area contributed by atoms with E-state index in [2.05, 4.69) is 197 Å². The van der Waals surface area contributed by atoms with Crippen LogP contribution in [0.25, 0.3) is 88.6 Å². The summed E-state index contributed by atoms with van der Waals surface area (Å²) in [6.45, 7) is 0. The lowest BCUT2D eigenvalue weighted by molar-refractivity contribution is 1.10. The van der Waals surface area contributed by atoms with Crippen LogP contribution in [0.2, 0.25) is 0 Å². The summed E-state index contributed by atoms with van der Waals surface area (Å²) in [4.78, 5) is 5.39. The smallest absolute Gasteiger partial charge is 0.145 e. The molecule has 0 saturated heterocycles. The highest BCUT2D eigenvalue weighted by molar-refractivity contribution is 6.25. The van der Waals surface area contributed by atoms with Crippen molar-refractivity contribution in [2.45, 2.75) is 0 Å². The molecule has 10 aromatic rings. The lowest BCUT2D eigenvalue weighted by Gasteiger charge is -2.14. The highest BCUT2D eigenvalue weighted by Gasteiger charge is 2.20. The fraction of sp³-hybridized carbons (Fsp3) is 0. The minimum absolute atomic E-state index is 0.938. The van der Waals surface area contributed by atoms with E-state index in [4.69, 9.17) is 4.98 Å². The first-order valence-electron chi connectivity index (χ1n) is 17.1. The SMILES string of the molecule is c1ccc(-c2cc(-c3ccccc3)cc(-n3c4ccccc4c4c5ccc6c(nc(-c7ccccc7)n6-c6ccccc6)c5ccc43)c2)cc1. The van der Waals surface area contributed by atoms with E-state index in [1.165, 1.54) is 49.4 Å². The van der Waals surface area contributed by atoms with Gasteiger partial charge in [-0.3, -0.25) is 4.57 Å². The fourth-order valence-corrected chi connectivity index (χ4v) is 7.65. The Bertz CT molecular complexity index is 2770. The monoisotopic (exact) mass is 637 g/mol. The van der Waals surface area contributed by atoms with Gasteiger partial charge in [0.05, 0.1) is 22.1 Å². The molecule has 0 amide bonds. The zero-order valence-electron chi connectivity index (χ0n) is 27.2. The second kappa shape index (κ2) is 11.5. The molecule has 234 valence electrons. The second-order valence-electron chi connectivity index (χ2n) is 12.8. The first kappa shape index (κ1) is 28.3. The van der Waals surface area contributed by atoms with Crippen LogP contribution in [0.3, 0.4) is 0 Å².